The summed E-state index contributed by atoms with van der Waals surface area (Å²) in [5.74, 6) is -0.358. The van der Waals surface area contributed by atoms with Crippen molar-refractivity contribution < 1.29 is 4.39 Å². The molecule has 3 aromatic rings. The van der Waals surface area contributed by atoms with Crippen LogP contribution in [-0.4, -0.2) is 20.0 Å². The molecule has 0 saturated heterocycles. The van der Waals surface area contributed by atoms with Crippen molar-refractivity contribution in [1.29, 1.82) is 0 Å². The zero-order chi connectivity index (χ0) is 22.2. The summed E-state index contributed by atoms with van der Waals surface area (Å²) in [4.78, 5) is 35.0. The van der Waals surface area contributed by atoms with Crippen LogP contribution in [0.5, 0.6) is 0 Å². The molecule has 4 rings (SSSR count). The number of benzene rings is 1. The number of amidine groups is 1. The van der Waals surface area contributed by atoms with E-state index >= 15 is 0 Å². The highest BCUT2D eigenvalue weighted by Crippen LogP contribution is 2.43. The van der Waals surface area contributed by atoms with Crippen LogP contribution in [0.25, 0.3) is 0 Å². The molecule has 1 aliphatic rings. The van der Waals surface area contributed by atoms with Crippen LogP contribution in [0, 0.1) is 11.0 Å². The highest BCUT2D eigenvalue weighted by molar-refractivity contribution is 6.07. The Labute approximate surface area is 177 Å². The lowest BCUT2D eigenvalue weighted by Gasteiger charge is -2.37. The van der Waals surface area contributed by atoms with Crippen molar-refractivity contribution in [3.8, 4) is 0 Å². The molecule has 160 valence electrons. The van der Waals surface area contributed by atoms with E-state index in [1.165, 1.54) is 28.8 Å². The first-order valence-corrected chi connectivity index (χ1v) is 10.1. The molecule has 0 spiro atoms. The zero-order valence-electron chi connectivity index (χ0n) is 17.3. The minimum Gasteiger partial charge on any atom is -0.615 e. The first kappa shape index (κ1) is 20.8. The second kappa shape index (κ2) is 8.01. The third-order valence-corrected chi connectivity index (χ3v) is 5.31. The number of pyridine rings is 1. The van der Waals surface area contributed by atoms with Gasteiger partial charge in [-0.3, -0.25) is 18.9 Å². The normalized spacial score (nSPS) is 17.5. The Morgan fingerprint density at radius 1 is 1.06 bits per heavy atom. The van der Waals surface area contributed by atoms with Crippen molar-refractivity contribution in [1.82, 2.24) is 18.8 Å². The molecule has 0 aliphatic carbocycles. The smallest absolute Gasteiger partial charge is 0.332 e. The molecule has 0 N–H and O–H groups in total. The summed E-state index contributed by atoms with van der Waals surface area (Å²) in [6, 6.07) is 10.3. The Balaban J connectivity index is 2.02. The molecule has 31 heavy (non-hydrogen) atoms. The van der Waals surface area contributed by atoms with E-state index in [0.29, 0.717) is 12.1 Å². The van der Waals surface area contributed by atoms with Crippen LogP contribution in [-0.2, 0) is 19.5 Å². The molecule has 2 aromatic heterocycles. The predicted octanol–water partition coefficient (Wildman–Crippen LogP) is 3.40. The Morgan fingerprint density at radius 2 is 1.81 bits per heavy atom. The SMILES string of the molecule is CCCn1c(=O)c2c(n(CC)c1=O)N=C(Cc1ccccn1)[N+]2([O-])c1ccc(F)cc1. The van der Waals surface area contributed by atoms with Crippen LogP contribution in [0.2, 0.25) is 0 Å². The van der Waals surface area contributed by atoms with E-state index in [0.717, 1.165) is 4.57 Å². The van der Waals surface area contributed by atoms with Gasteiger partial charge in [-0.2, -0.15) is 4.99 Å². The molecular formula is C22H22FN5O3. The Bertz CT molecular complexity index is 1270. The zero-order valence-corrected chi connectivity index (χ0v) is 17.3. The number of aromatic nitrogens is 3. The lowest BCUT2D eigenvalue weighted by molar-refractivity contribution is 0.552. The van der Waals surface area contributed by atoms with Gasteiger partial charge in [0.15, 0.2) is 0 Å². The average molecular weight is 423 g/mol. The van der Waals surface area contributed by atoms with Gasteiger partial charge in [0.2, 0.25) is 11.7 Å². The minimum absolute atomic E-state index is 0.0510. The summed E-state index contributed by atoms with van der Waals surface area (Å²) in [7, 11) is 0. The molecule has 1 atom stereocenters. The van der Waals surface area contributed by atoms with Gasteiger partial charge in [0.05, 0.1) is 12.1 Å². The van der Waals surface area contributed by atoms with Crippen molar-refractivity contribution in [2.45, 2.75) is 39.8 Å². The third-order valence-electron chi connectivity index (χ3n) is 5.31. The number of hydrogen-bond donors (Lipinski definition) is 0. The van der Waals surface area contributed by atoms with Gasteiger partial charge in [0, 0.05) is 31.4 Å². The van der Waals surface area contributed by atoms with Crippen LogP contribution < -0.4 is 15.9 Å². The maximum absolute atomic E-state index is 14.5. The van der Waals surface area contributed by atoms with Crippen molar-refractivity contribution in [2.75, 3.05) is 0 Å². The first-order valence-electron chi connectivity index (χ1n) is 10.1. The lowest BCUT2D eigenvalue weighted by Crippen LogP contribution is -2.49. The van der Waals surface area contributed by atoms with Crippen LogP contribution in [0.3, 0.4) is 0 Å². The molecule has 1 unspecified atom stereocenters. The van der Waals surface area contributed by atoms with Crippen LogP contribution >= 0.6 is 0 Å². The van der Waals surface area contributed by atoms with Gasteiger partial charge in [-0.25, -0.2) is 13.8 Å². The summed E-state index contributed by atoms with van der Waals surface area (Å²) in [5, 5.41) is 14.5. The number of aliphatic imine (C=N–C) groups is 1. The highest BCUT2D eigenvalue weighted by atomic mass is 19.1. The fourth-order valence-electron chi connectivity index (χ4n) is 3.84. The quantitative estimate of drug-likeness (QED) is 0.449. The molecule has 0 saturated carbocycles. The Hall–Kier alpha value is -3.43. The largest absolute Gasteiger partial charge is 0.615 e. The second-order valence-electron chi connectivity index (χ2n) is 7.27. The predicted molar refractivity (Wildman–Crippen MR) is 117 cm³/mol. The number of rotatable bonds is 6. The van der Waals surface area contributed by atoms with Gasteiger partial charge in [-0.05, 0) is 37.6 Å². The van der Waals surface area contributed by atoms with E-state index in [4.69, 9.17) is 0 Å². The van der Waals surface area contributed by atoms with Crippen molar-refractivity contribution >= 4 is 23.0 Å². The van der Waals surface area contributed by atoms with Crippen LogP contribution in [0.4, 0.5) is 21.6 Å². The third kappa shape index (κ3) is 3.31. The monoisotopic (exact) mass is 423 g/mol. The molecule has 0 amide bonds. The van der Waals surface area contributed by atoms with Crippen molar-refractivity contribution in [2.24, 2.45) is 4.99 Å². The Morgan fingerprint density at radius 3 is 2.42 bits per heavy atom. The molecule has 0 fully saturated rings. The molecule has 1 aromatic carbocycles. The number of hydroxylamine groups is 1. The first-order chi connectivity index (χ1) is 14.9. The van der Waals surface area contributed by atoms with E-state index in [1.807, 2.05) is 6.92 Å². The summed E-state index contributed by atoms with van der Waals surface area (Å²) < 4.78 is 14.7. The lowest BCUT2D eigenvalue weighted by atomic mass is 10.2. The number of fused-ring (bicyclic) bond motifs is 1. The molecule has 9 heteroatoms. The standard InChI is InChI=1S/C22H22FN5O3/c1-3-13-27-21(29)19-20(26(4-2)22(27)30)25-18(14-16-7-5-6-12-24-16)28(19,31)17-10-8-15(23)9-11-17/h5-12H,3-4,13-14H2,1-2H3. The fourth-order valence-corrected chi connectivity index (χ4v) is 3.84. The summed E-state index contributed by atoms with van der Waals surface area (Å²) in [5.41, 5.74) is -0.607. The summed E-state index contributed by atoms with van der Waals surface area (Å²) in [6.07, 6.45) is 2.22. The van der Waals surface area contributed by atoms with Crippen molar-refractivity contribution in [3.05, 3.63) is 86.2 Å². The topological polar surface area (TPSA) is 92.3 Å². The van der Waals surface area contributed by atoms with E-state index < -0.39 is 21.7 Å². The maximum atomic E-state index is 14.5. The van der Waals surface area contributed by atoms with E-state index in [1.54, 1.807) is 31.3 Å². The Kier molecular flexibility index (Phi) is 5.38. The molecule has 1 aliphatic heterocycles. The maximum Gasteiger partial charge on any atom is 0.332 e. The number of hydrogen-bond acceptors (Lipinski definition) is 5. The molecule has 0 radical (unpaired) electrons. The molecule has 8 nitrogen and oxygen atoms in total. The molecule has 0 bridgehead atoms. The fraction of sp³-hybridized carbons (Fsp3) is 0.273. The van der Waals surface area contributed by atoms with Crippen molar-refractivity contribution in [3.63, 3.8) is 0 Å². The second-order valence-corrected chi connectivity index (χ2v) is 7.27. The molecule has 3 heterocycles. The average Bonchev–Trinajstić information content (AvgIpc) is 3.05. The number of halogens is 1. The van der Waals surface area contributed by atoms with Gasteiger partial charge < -0.3 is 5.21 Å². The van der Waals surface area contributed by atoms with Gasteiger partial charge >= 0.3 is 11.2 Å². The highest BCUT2D eigenvalue weighted by Gasteiger charge is 2.44. The number of quaternary nitrogens is 1. The van der Waals surface area contributed by atoms with Gasteiger partial charge in [0.1, 0.15) is 11.5 Å². The summed E-state index contributed by atoms with van der Waals surface area (Å²) in [6.45, 7) is 4.03. The van der Waals surface area contributed by atoms with Crippen LogP contribution in [0.15, 0.2) is 63.2 Å². The minimum atomic E-state index is -1.28. The van der Waals surface area contributed by atoms with Gasteiger partial charge in [-0.1, -0.05) is 13.0 Å². The number of nitrogens with zero attached hydrogens (tertiary/aromatic N) is 5. The van der Waals surface area contributed by atoms with Gasteiger partial charge in [0.25, 0.3) is 5.69 Å². The van der Waals surface area contributed by atoms with Crippen LogP contribution in [0.1, 0.15) is 26.0 Å². The van der Waals surface area contributed by atoms with E-state index in [9.17, 15) is 19.2 Å². The van der Waals surface area contributed by atoms with E-state index in [2.05, 4.69) is 9.98 Å². The summed E-state index contributed by atoms with van der Waals surface area (Å²) >= 11 is 0. The van der Waals surface area contributed by atoms with E-state index in [-0.39, 0.29) is 42.5 Å². The van der Waals surface area contributed by atoms with Gasteiger partial charge in [-0.15, -0.1) is 0 Å². The molecular weight excluding hydrogens is 401 g/mol.